The summed E-state index contributed by atoms with van der Waals surface area (Å²) < 4.78 is 14.0. The predicted octanol–water partition coefficient (Wildman–Crippen LogP) is 2.22. The molecule has 1 aliphatic carbocycles. The van der Waals surface area contributed by atoms with Gasteiger partial charge in [-0.1, -0.05) is 12.1 Å². The van der Waals surface area contributed by atoms with Crippen LogP contribution < -0.4 is 5.32 Å². The van der Waals surface area contributed by atoms with Crippen molar-refractivity contribution in [3.63, 3.8) is 0 Å². The van der Waals surface area contributed by atoms with Crippen molar-refractivity contribution in [1.29, 1.82) is 0 Å². The van der Waals surface area contributed by atoms with Gasteiger partial charge in [0.2, 0.25) is 11.8 Å². The van der Waals surface area contributed by atoms with Gasteiger partial charge in [0.25, 0.3) is 0 Å². The lowest BCUT2D eigenvalue weighted by atomic mass is 9.89. The lowest BCUT2D eigenvalue weighted by Crippen LogP contribution is -2.66. The van der Waals surface area contributed by atoms with Crippen LogP contribution in [0.15, 0.2) is 22.7 Å². The zero-order valence-corrected chi connectivity index (χ0v) is 13.2. The molecule has 6 heteroatoms. The number of nitrogens with one attached hydrogen (secondary N) is 1. The monoisotopic (exact) mass is 354 g/mol. The standard InChI is InChI=1S/C15H16BrFN2O2/c1-15(10-5-6-10)14(21)18-7-12(20)19(15)8-9-3-2-4-11(17)13(9)16/h2-4,10H,5-8H2,1H3,(H,18,21). The SMILES string of the molecule is CC1(C2CC2)C(=O)NCC(=O)N1Cc1cccc(F)c1Br. The fourth-order valence-corrected chi connectivity index (χ4v) is 3.35. The van der Waals surface area contributed by atoms with E-state index in [1.807, 2.05) is 6.92 Å². The molecule has 0 radical (unpaired) electrons. The van der Waals surface area contributed by atoms with Crippen molar-refractivity contribution < 1.29 is 14.0 Å². The third kappa shape index (κ3) is 2.35. The summed E-state index contributed by atoms with van der Waals surface area (Å²) in [6.45, 7) is 2.05. The van der Waals surface area contributed by atoms with E-state index in [1.165, 1.54) is 6.07 Å². The van der Waals surface area contributed by atoms with Crippen LogP contribution in [0.25, 0.3) is 0 Å². The van der Waals surface area contributed by atoms with E-state index in [4.69, 9.17) is 0 Å². The van der Waals surface area contributed by atoms with Gasteiger partial charge in [-0.2, -0.15) is 0 Å². The number of amides is 2. The highest BCUT2D eigenvalue weighted by atomic mass is 79.9. The minimum atomic E-state index is -0.832. The Morgan fingerprint density at radius 3 is 2.81 bits per heavy atom. The first-order chi connectivity index (χ1) is 9.94. The van der Waals surface area contributed by atoms with Crippen molar-refractivity contribution >= 4 is 27.7 Å². The average molecular weight is 355 g/mol. The predicted molar refractivity (Wildman–Crippen MR) is 78.8 cm³/mol. The van der Waals surface area contributed by atoms with Gasteiger partial charge < -0.3 is 10.2 Å². The molecule has 0 bridgehead atoms. The van der Waals surface area contributed by atoms with Crippen LogP contribution >= 0.6 is 15.9 Å². The van der Waals surface area contributed by atoms with Crippen LogP contribution in [-0.4, -0.2) is 28.8 Å². The second kappa shape index (κ2) is 5.09. The molecule has 4 nitrogen and oxygen atoms in total. The van der Waals surface area contributed by atoms with Crippen LogP contribution in [-0.2, 0) is 16.1 Å². The van der Waals surface area contributed by atoms with Gasteiger partial charge >= 0.3 is 0 Å². The lowest BCUT2D eigenvalue weighted by Gasteiger charge is -2.44. The maximum atomic E-state index is 13.6. The number of halogens is 2. The summed E-state index contributed by atoms with van der Waals surface area (Å²) in [5.41, 5.74) is -0.161. The summed E-state index contributed by atoms with van der Waals surface area (Å²) in [4.78, 5) is 26.2. The third-order valence-electron chi connectivity index (χ3n) is 4.45. The molecular formula is C15H16BrFN2O2. The second-order valence-corrected chi connectivity index (χ2v) is 6.59. The van der Waals surface area contributed by atoms with Gasteiger partial charge in [-0.05, 0) is 53.2 Å². The molecule has 112 valence electrons. The van der Waals surface area contributed by atoms with E-state index in [1.54, 1.807) is 17.0 Å². The average Bonchev–Trinajstić information content (AvgIpc) is 3.28. The smallest absolute Gasteiger partial charge is 0.246 e. The molecule has 2 fully saturated rings. The Labute approximate surface area is 130 Å². The summed E-state index contributed by atoms with van der Waals surface area (Å²) in [7, 11) is 0. The van der Waals surface area contributed by atoms with Gasteiger partial charge in [0.1, 0.15) is 11.4 Å². The number of hydrogen-bond donors (Lipinski definition) is 1. The minimum absolute atomic E-state index is 0.00801. The van der Waals surface area contributed by atoms with Crippen LogP contribution in [0.2, 0.25) is 0 Å². The Morgan fingerprint density at radius 1 is 1.43 bits per heavy atom. The second-order valence-electron chi connectivity index (χ2n) is 5.80. The van der Waals surface area contributed by atoms with Gasteiger partial charge in [-0.15, -0.1) is 0 Å². The number of hydrogen-bond acceptors (Lipinski definition) is 2. The molecule has 1 aliphatic heterocycles. The van der Waals surface area contributed by atoms with E-state index in [9.17, 15) is 14.0 Å². The summed E-state index contributed by atoms with van der Waals surface area (Å²) in [6.07, 6.45) is 1.88. The Bertz CT molecular complexity index is 618. The first kappa shape index (κ1) is 14.5. The summed E-state index contributed by atoms with van der Waals surface area (Å²) in [5.74, 6) is -0.416. The molecule has 1 saturated carbocycles. The van der Waals surface area contributed by atoms with Gasteiger partial charge in [0.05, 0.1) is 11.0 Å². The fraction of sp³-hybridized carbons (Fsp3) is 0.467. The molecule has 2 amide bonds. The van der Waals surface area contributed by atoms with Crippen LogP contribution in [0.3, 0.4) is 0 Å². The number of nitrogens with zero attached hydrogens (tertiary/aromatic N) is 1. The van der Waals surface area contributed by atoms with Crippen molar-refractivity contribution in [2.75, 3.05) is 6.54 Å². The van der Waals surface area contributed by atoms with Gasteiger partial charge in [0, 0.05) is 6.54 Å². The molecule has 1 aromatic rings. The summed E-state index contributed by atoms with van der Waals surface area (Å²) in [6, 6.07) is 4.73. The zero-order chi connectivity index (χ0) is 15.2. The Hall–Kier alpha value is -1.43. The molecule has 1 saturated heterocycles. The van der Waals surface area contributed by atoms with E-state index in [0.29, 0.717) is 10.0 Å². The Morgan fingerprint density at radius 2 is 2.14 bits per heavy atom. The number of rotatable bonds is 3. The Balaban J connectivity index is 1.95. The lowest BCUT2D eigenvalue weighted by molar-refractivity contribution is -0.155. The van der Waals surface area contributed by atoms with E-state index in [2.05, 4.69) is 21.2 Å². The largest absolute Gasteiger partial charge is 0.345 e. The van der Waals surface area contributed by atoms with Gasteiger partial charge in [0.15, 0.2) is 0 Å². The highest BCUT2D eigenvalue weighted by Gasteiger charge is 2.54. The van der Waals surface area contributed by atoms with Crippen molar-refractivity contribution in [2.45, 2.75) is 31.8 Å². The van der Waals surface area contributed by atoms with Gasteiger partial charge in [-0.3, -0.25) is 9.59 Å². The van der Waals surface area contributed by atoms with Gasteiger partial charge in [-0.25, -0.2) is 4.39 Å². The highest BCUT2D eigenvalue weighted by molar-refractivity contribution is 9.10. The molecule has 0 spiro atoms. The maximum absolute atomic E-state index is 13.6. The number of carbonyl (C=O) groups is 2. The van der Waals surface area contributed by atoms with Crippen LogP contribution in [0.1, 0.15) is 25.3 Å². The summed E-state index contributed by atoms with van der Waals surface area (Å²) >= 11 is 3.22. The topological polar surface area (TPSA) is 49.4 Å². The van der Waals surface area contributed by atoms with Crippen LogP contribution in [0.4, 0.5) is 4.39 Å². The zero-order valence-electron chi connectivity index (χ0n) is 11.7. The highest BCUT2D eigenvalue weighted by Crippen LogP contribution is 2.45. The van der Waals surface area contributed by atoms with Crippen LogP contribution in [0, 0.1) is 11.7 Å². The molecule has 0 aromatic heterocycles. The Kier molecular flexibility index (Phi) is 3.51. The van der Waals surface area contributed by atoms with E-state index < -0.39 is 5.54 Å². The normalized spacial score (nSPS) is 26.0. The molecule has 1 aromatic carbocycles. The first-order valence-corrected chi connectivity index (χ1v) is 7.75. The fourth-order valence-electron chi connectivity index (χ4n) is 2.96. The number of benzene rings is 1. The number of piperazine rings is 1. The van der Waals surface area contributed by atoms with Crippen molar-refractivity contribution in [3.05, 3.63) is 34.1 Å². The summed E-state index contributed by atoms with van der Waals surface area (Å²) in [5, 5.41) is 2.67. The van der Waals surface area contributed by atoms with Crippen LogP contribution in [0.5, 0.6) is 0 Å². The van der Waals surface area contributed by atoms with E-state index >= 15 is 0 Å². The molecule has 3 rings (SSSR count). The number of carbonyl (C=O) groups excluding carboxylic acids is 2. The quantitative estimate of drug-likeness (QED) is 0.904. The maximum Gasteiger partial charge on any atom is 0.246 e. The molecule has 1 unspecified atom stereocenters. The van der Waals surface area contributed by atoms with Crippen molar-refractivity contribution in [3.8, 4) is 0 Å². The molecule has 1 heterocycles. The van der Waals surface area contributed by atoms with Crippen molar-refractivity contribution in [1.82, 2.24) is 10.2 Å². The minimum Gasteiger partial charge on any atom is -0.345 e. The van der Waals surface area contributed by atoms with Crippen molar-refractivity contribution in [2.24, 2.45) is 5.92 Å². The first-order valence-electron chi connectivity index (χ1n) is 6.96. The van der Waals surface area contributed by atoms with E-state index in [0.717, 1.165) is 12.8 Å². The molecule has 1 N–H and O–H groups in total. The molecular weight excluding hydrogens is 339 g/mol. The molecule has 1 atom stereocenters. The third-order valence-corrected chi connectivity index (χ3v) is 5.34. The molecule has 21 heavy (non-hydrogen) atoms. The molecule has 2 aliphatic rings. The van der Waals surface area contributed by atoms with E-state index in [-0.39, 0.29) is 36.6 Å².